The maximum atomic E-state index is 3.48. The highest BCUT2D eigenvalue weighted by atomic mass is 79.9. The van der Waals surface area contributed by atoms with Gasteiger partial charge in [-0.2, -0.15) is 0 Å². The molecule has 0 spiro atoms. The Bertz CT molecular complexity index is 923. The third kappa shape index (κ3) is 7.22. The average Bonchev–Trinajstić information content (AvgIpc) is 2.76. The van der Waals surface area contributed by atoms with Gasteiger partial charge in [0.25, 0.3) is 0 Å². The topological polar surface area (TPSA) is 0 Å². The Balaban J connectivity index is 1.52. The van der Waals surface area contributed by atoms with E-state index in [0.717, 1.165) is 15.6 Å². The van der Waals surface area contributed by atoms with Gasteiger partial charge in [-0.15, -0.1) is 0 Å². The van der Waals surface area contributed by atoms with Crippen LogP contribution < -0.4 is 0 Å². The molecule has 0 aliphatic carbocycles. The number of rotatable bonds is 8. The highest BCUT2D eigenvalue weighted by molar-refractivity contribution is 9.10. The molecule has 0 nitrogen and oxygen atoms in total. The van der Waals surface area contributed by atoms with Gasteiger partial charge in [-0.05, 0) is 65.9 Å². The van der Waals surface area contributed by atoms with Gasteiger partial charge in [-0.3, -0.25) is 0 Å². The van der Waals surface area contributed by atoms with E-state index < -0.39 is 0 Å². The molecule has 0 amide bonds. The molecule has 3 aromatic rings. The zero-order valence-corrected chi connectivity index (χ0v) is 18.8. The number of halogens is 1. The summed E-state index contributed by atoms with van der Waals surface area (Å²) >= 11 is 3.48. The molecule has 0 bridgehead atoms. The Hall–Kier alpha value is -2.30. The van der Waals surface area contributed by atoms with E-state index in [4.69, 9.17) is 0 Å². The zero-order valence-electron chi connectivity index (χ0n) is 17.3. The second kappa shape index (κ2) is 11.6. The van der Waals surface area contributed by atoms with E-state index in [1.807, 2.05) is 0 Å². The van der Waals surface area contributed by atoms with Gasteiger partial charge in [0.2, 0.25) is 0 Å². The molecule has 3 rings (SSSR count). The predicted octanol–water partition coefficient (Wildman–Crippen LogP) is 8.42. The van der Waals surface area contributed by atoms with Gasteiger partial charge < -0.3 is 0 Å². The first-order valence-corrected chi connectivity index (χ1v) is 11.5. The van der Waals surface area contributed by atoms with E-state index >= 15 is 0 Å². The van der Waals surface area contributed by atoms with Gasteiger partial charge in [0.1, 0.15) is 0 Å². The van der Waals surface area contributed by atoms with Crippen LogP contribution in [0, 0.1) is 11.8 Å². The van der Waals surface area contributed by atoms with Crippen molar-refractivity contribution in [2.75, 3.05) is 0 Å². The monoisotopic (exact) mass is 444 g/mol. The Morgan fingerprint density at radius 1 is 0.586 bits per heavy atom. The minimum atomic E-state index is 1.04. The lowest BCUT2D eigenvalue weighted by Crippen LogP contribution is -1.87. The van der Waals surface area contributed by atoms with Crippen LogP contribution >= 0.6 is 15.9 Å². The molecular formula is C28H29Br. The molecule has 0 unspecified atom stereocenters. The summed E-state index contributed by atoms with van der Waals surface area (Å²) in [7, 11) is 0. The third-order valence-corrected chi connectivity index (χ3v) is 5.72. The Morgan fingerprint density at radius 3 is 1.66 bits per heavy atom. The van der Waals surface area contributed by atoms with Crippen molar-refractivity contribution in [1.82, 2.24) is 0 Å². The van der Waals surface area contributed by atoms with Gasteiger partial charge in [0, 0.05) is 15.6 Å². The van der Waals surface area contributed by atoms with Crippen LogP contribution in [0.2, 0.25) is 0 Å². The highest BCUT2D eigenvalue weighted by Gasteiger charge is 1.98. The maximum absolute atomic E-state index is 3.48. The summed E-state index contributed by atoms with van der Waals surface area (Å²) in [4.78, 5) is 0. The summed E-state index contributed by atoms with van der Waals surface area (Å²) in [5, 5.41) is 0. The van der Waals surface area contributed by atoms with Crippen molar-refractivity contribution in [1.29, 1.82) is 0 Å². The smallest absolute Gasteiger partial charge is 0.0249 e. The van der Waals surface area contributed by atoms with Crippen molar-refractivity contribution in [2.45, 2.75) is 51.9 Å². The van der Waals surface area contributed by atoms with Gasteiger partial charge in [0.15, 0.2) is 0 Å². The summed E-state index contributed by atoms with van der Waals surface area (Å²) in [6, 6.07) is 25.6. The van der Waals surface area contributed by atoms with Gasteiger partial charge >= 0.3 is 0 Å². The lowest BCUT2D eigenvalue weighted by atomic mass is 10.0. The summed E-state index contributed by atoms with van der Waals surface area (Å²) in [5.74, 6) is 6.57. The highest BCUT2D eigenvalue weighted by Crippen LogP contribution is 2.22. The minimum Gasteiger partial charge on any atom is -0.0654 e. The third-order valence-electron chi connectivity index (χ3n) is 5.19. The Morgan fingerprint density at radius 2 is 1.07 bits per heavy atom. The molecule has 148 valence electrons. The molecule has 0 atom stereocenters. The van der Waals surface area contributed by atoms with Crippen LogP contribution in [0.5, 0.6) is 0 Å². The van der Waals surface area contributed by atoms with Crippen LogP contribution in [0.25, 0.3) is 11.1 Å². The lowest BCUT2D eigenvalue weighted by Gasteiger charge is -2.02. The van der Waals surface area contributed by atoms with Crippen LogP contribution in [0.1, 0.15) is 62.1 Å². The van der Waals surface area contributed by atoms with Crippen molar-refractivity contribution in [2.24, 2.45) is 0 Å². The van der Waals surface area contributed by atoms with Crippen molar-refractivity contribution >= 4 is 15.9 Å². The molecule has 3 aromatic carbocycles. The van der Waals surface area contributed by atoms with E-state index in [1.54, 1.807) is 0 Å². The second-order valence-electron chi connectivity index (χ2n) is 7.55. The van der Waals surface area contributed by atoms with Crippen molar-refractivity contribution in [3.63, 3.8) is 0 Å². The number of hydrogen-bond acceptors (Lipinski definition) is 0. The first-order chi connectivity index (χ1) is 14.2. The van der Waals surface area contributed by atoms with Crippen molar-refractivity contribution in [3.8, 4) is 23.0 Å². The van der Waals surface area contributed by atoms with Crippen LogP contribution in [0.3, 0.4) is 0 Å². The largest absolute Gasteiger partial charge is 0.0654 e. The van der Waals surface area contributed by atoms with Crippen LogP contribution in [0.15, 0.2) is 77.3 Å². The van der Waals surface area contributed by atoms with E-state index in [0.29, 0.717) is 0 Å². The minimum absolute atomic E-state index is 1.04. The Labute approximate surface area is 184 Å². The summed E-state index contributed by atoms with van der Waals surface area (Å²) < 4.78 is 1.10. The molecule has 1 heteroatoms. The quantitative estimate of drug-likeness (QED) is 0.241. The number of aryl methyl sites for hydroxylation is 1. The molecule has 0 radical (unpaired) electrons. The average molecular weight is 445 g/mol. The van der Waals surface area contributed by atoms with Crippen LogP contribution in [-0.2, 0) is 6.42 Å². The first kappa shape index (κ1) is 21.4. The molecule has 29 heavy (non-hydrogen) atoms. The number of unbranched alkanes of at least 4 members (excludes halogenated alkanes) is 5. The lowest BCUT2D eigenvalue weighted by molar-refractivity contribution is 0.607. The first-order valence-electron chi connectivity index (χ1n) is 10.7. The number of benzene rings is 3. The van der Waals surface area contributed by atoms with E-state index in [-0.39, 0.29) is 0 Å². The van der Waals surface area contributed by atoms with Gasteiger partial charge in [0.05, 0.1) is 0 Å². The van der Waals surface area contributed by atoms with E-state index in [1.165, 1.54) is 61.6 Å². The fraction of sp³-hybridized carbons (Fsp3) is 0.286. The standard InChI is InChI=1S/C28H29Br/c1-2-3-4-5-6-7-8-23-9-11-24(12-10-23)13-14-25-15-17-26(18-16-25)27-19-21-28(29)22-20-27/h9-12,15-22H,2-8H2,1H3. The molecule has 0 aromatic heterocycles. The predicted molar refractivity (Wildman–Crippen MR) is 129 cm³/mol. The molecule has 0 heterocycles. The Kier molecular flexibility index (Phi) is 8.59. The zero-order chi connectivity index (χ0) is 20.3. The fourth-order valence-electron chi connectivity index (χ4n) is 3.40. The van der Waals surface area contributed by atoms with Crippen molar-refractivity contribution < 1.29 is 0 Å². The van der Waals surface area contributed by atoms with E-state index in [9.17, 15) is 0 Å². The molecule has 0 fully saturated rings. The van der Waals surface area contributed by atoms with Crippen molar-refractivity contribution in [3.05, 3.63) is 94.0 Å². The molecule has 0 saturated carbocycles. The fourth-order valence-corrected chi connectivity index (χ4v) is 3.66. The summed E-state index contributed by atoms with van der Waals surface area (Å²) in [5.41, 5.74) is 5.97. The molecular weight excluding hydrogens is 416 g/mol. The summed E-state index contributed by atoms with van der Waals surface area (Å²) in [6.45, 7) is 2.27. The summed E-state index contributed by atoms with van der Waals surface area (Å²) in [6.07, 6.45) is 9.26. The molecule has 0 saturated heterocycles. The SMILES string of the molecule is CCCCCCCCc1ccc(C#Cc2ccc(-c3ccc(Br)cc3)cc2)cc1. The molecule has 0 N–H and O–H groups in total. The van der Waals surface area contributed by atoms with Crippen LogP contribution in [0.4, 0.5) is 0 Å². The number of hydrogen-bond donors (Lipinski definition) is 0. The maximum Gasteiger partial charge on any atom is 0.0249 e. The second-order valence-corrected chi connectivity index (χ2v) is 8.46. The van der Waals surface area contributed by atoms with Gasteiger partial charge in [-0.25, -0.2) is 0 Å². The van der Waals surface area contributed by atoms with Crippen LogP contribution in [-0.4, -0.2) is 0 Å². The van der Waals surface area contributed by atoms with E-state index in [2.05, 4.69) is 107 Å². The molecule has 0 aliphatic rings. The molecule has 0 aliphatic heterocycles. The normalized spacial score (nSPS) is 10.4. The van der Waals surface area contributed by atoms with Gasteiger partial charge in [-0.1, -0.05) is 103 Å².